The van der Waals surface area contributed by atoms with Crippen LogP contribution >= 0.6 is 0 Å². The number of halogens is 2. The van der Waals surface area contributed by atoms with Gasteiger partial charge in [0.1, 0.15) is 22.7 Å². The number of carboxylic acid groups (broad SMARTS) is 1. The van der Waals surface area contributed by atoms with Crippen molar-refractivity contribution in [2.75, 3.05) is 51.1 Å². The number of anilines is 1. The van der Waals surface area contributed by atoms with Crippen molar-refractivity contribution in [3.05, 3.63) is 70.4 Å². The van der Waals surface area contributed by atoms with Crippen molar-refractivity contribution in [1.82, 2.24) is 29.8 Å². The van der Waals surface area contributed by atoms with Crippen molar-refractivity contribution in [1.29, 1.82) is 0 Å². The zero-order valence-corrected chi connectivity index (χ0v) is 23.3. The van der Waals surface area contributed by atoms with Crippen LogP contribution in [0.2, 0.25) is 0 Å². The van der Waals surface area contributed by atoms with E-state index >= 15 is 4.39 Å². The third-order valence-corrected chi connectivity index (χ3v) is 8.22. The van der Waals surface area contributed by atoms with Gasteiger partial charge in [-0.05, 0) is 31.5 Å². The van der Waals surface area contributed by atoms with Crippen molar-refractivity contribution >= 4 is 39.4 Å². The van der Waals surface area contributed by atoms with Gasteiger partial charge in [0.25, 0.3) is 0 Å². The van der Waals surface area contributed by atoms with Crippen molar-refractivity contribution in [2.45, 2.75) is 12.5 Å². The molecule has 0 spiro atoms. The number of rotatable bonds is 7. The van der Waals surface area contributed by atoms with Gasteiger partial charge in [-0.15, -0.1) is 0 Å². The normalized spacial score (nSPS) is 19.1. The number of fused-ring (bicyclic) bond motifs is 3. The topological polar surface area (TPSA) is 131 Å². The Balaban J connectivity index is 1.64. The summed E-state index contributed by atoms with van der Waals surface area (Å²) < 4.78 is 31.5. The lowest BCUT2D eigenvalue weighted by Crippen LogP contribution is -2.35. The predicted molar refractivity (Wildman–Crippen MR) is 157 cm³/mol. The fourth-order valence-electron chi connectivity index (χ4n) is 6.35. The summed E-state index contributed by atoms with van der Waals surface area (Å²) >= 11 is 0. The number of aromatic nitrogens is 4. The number of hydrogen-bond donors (Lipinski definition) is 4. The van der Waals surface area contributed by atoms with Gasteiger partial charge >= 0.3 is 5.97 Å². The number of H-pyrrole nitrogens is 1. The number of likely N-dealkylation sites (tertiary alicyclic amines) is 1. The lowest BCUT2D eigenvalue weighted by atomic mass is 10.0. The molecule has 4 N–H and O–H groups in total. The average Bonchev–Trinajstić information content (AvgIpc) is 3.63. The molecule has 4 aromatic heterocycles. The number of pyridine rings is 3. The van der Waals surface area contributed by atoms with Crippen LogP contribution in [0.25, 0.3) is 38.9 Å². The van der Waals surface area contributed by atoms with Gasteiger partial charge in [0.2, 0.25) is 5.43 Å². The van der Waals surface area contributed by atoms with E-state index in [4.69, 9.17) is 0 Å². The molecule has 0 amide bonds. The number of aromatic carboxylic acids is 1. The number of allylic oxidation sites excluding steroid dienone is 2. The molecule has 2 aliphatic rings. The van der Waals surface area contributed by atoms with Crippen molar-refractivity contribution in [3.63, 3.8) is 0 Å². The molecule has 2 aliphatic heterocycles. The molecule has 2 atom stereocenters. The maximum Gasteiger partial charge on any atom is 0.341 e. The highest BCUT2D eigenvalue weighted by Crippen LogP contribution is 2.44. The molecule has 0 aromatic carbocycles. The van der Waals surface area contributed by atoms with E-state index in [1.54, 1.807) is 32.6 Å². The molecular weight excluding hydrogens is 546 g/mol. The molecular formula is C29H30F2N8O3. The number of aromatic amines is 1. The van der Waals surface area contributed by atoms with E-state index in [9.17, 15) is 19.1 Å². The first-order valence-corrected chi connectivity index (χ1v) is 13.5. The minimum atomic E-state index is -1.36. The molecule has 4 aromatic rings. The summed E-state index contributed by atoms with van der Waals surface area (Å²) in [6, 6.07) is 1.69. The van der Waals surface area contributed by atoms with Crippen LogP contribution in [0.5, 0.6) is 0 Å². The standard InChI is InChI=1S/C29H30F2N8O3/c1-14(30)7-20(32-2)24-23(31)22-25(38-6-5-15-11-37(4)13-21(15)38)18(10-34-27(22)36-24)16-8-17-26(40)19(29(41)42)12-39(33-3)28(17)35-9-16/h7-10,12,15,21,32-33H,1,5-6,11,13H2,2-4H3,(H,34,36)(H,41,42)/b20-7+/t15-,21+/m1/s1. The van der Waals surface area contributed by atoms with Crippen LogP contribution < -0.4 is 21.1 Å². The average molecular weight is 577 g/mol. The molecule has 0 unspecified atom stereocenters. The highest BCUT2D eigenvalue weighted by Gasteiger charge is 2.42. The summed E-state index contributed by atoms with van der Waals surface area (Å²) in [4.78, 5) is 41.5. The third-order valence-electron chi connectivity index (χ3n) is 8.22. The molecule has 2 fully saturated rings. The fourth-order valence-corrected chi connectivity index (χ4v) is 6.35. The highest BCUT2D eigenvalue weighted by atomic mass is 19.1. The summed E-state index contributed by atoms with van der Waals surface area (Å²) in [6.07, 6.45) is 6.38. The van der Waals surface area contributed by atoms with Crippen LogP contribution in [0.1, 0.15) is 22.5 Å². The molecule has 0 saturated carbocycles. The van der Waals surface area contributed by atoms with Gasteiger partial charge in [-0.3, -0.25) is 4.79 Å². The highest BCUT2D eigenvalue weighted by molar-refractivity contribution is 6.02. The number of likely N-dealkylation sites (N-methyl/N-ethyl adjacent to an activating group) is 1. The number of carboxylic acids is 1. The van der Waals surface area contributed by atoms with Crippen LogP contribution in [-0.2, 0) is 0 Å². The molecule has 2 saturated heterocycles. The monoisotopic (exact) mass is 576 g/mol. The Bertz CT molecular complexity index is 1860. The molecule has 218 valence electrons. The van der Waals surface area contributed by atoms with Crippen molar-refractivity contribution in [2.24, 2.45) is 5.92 Å². The molecule has 42 heavy (non-hydrogen) atoms. The second-order valence-corrected chi connectivity index (χ2v) is 10.7. The summed E-state index contributed by atoms with van der Waals surface area (Å²) in [7, 11) is 5.20. The van der Waals surface area contributed by atoms with Crippen LogP contribution in [0.4, 0.5) is 14.5 Å². The summed E-state index contributed by atoms with van der Waals surface area (Å²) in [5.41, 5.74) is 4.07. The SMILES string of the molecule is C=C(F)/C=C(/NC)c1[nH]c2ncc(-c3cnc4c(c3)c(=O)c(C(=O)O)cn4NC)c(N3CC[C@@H]4CN(C)C[C@@H]43)c2c1F. The Morgan fingerprint density at radius 1 is 1.26 bits per heavy atom. The second-order valence-electron chi connectivity index (χ2n) is 10.7. The minimum Gasteiger partial charge on any atom is -0.477 e. The van der Waals surface area contributed by atoms with E-state index in [1.165, 1.54) is 10.9 Å². The van der Waals surface area contributed by atoms with Crippen molar-refractivity contribution in [3.8, 4) is 11.1 Å². The van der Waals surface area contributed by atoms with Gasteiger partial charge in [0.15, 0.2) is 11.5 Å². The van der Waals surface area contributed by atoms with Gasteiger partial charge in [0, 0.05) is 69.5 Å². The Morgan fingerprint density at radius 3 is 2.74 bits per heavy atom. The quantitative estimate of drug-likeness (QED) is 0.245. The summed E-state index contributed by atoms with van der Waals surface area (Å²) in [5.74, 6) is -2.31. The molecule has 13 heteroatoms. The first kappa shape index (κ1) is 27.4. The lowest BCUT2D eigenvalue weighted by Gasteiger charge is -2.29. The Kier molecular flexibility index (Phi) is 6.68. The molecule has 11 nitrogen and oxygen atoms in total. The largest absolute Gasteiger partial charge is 0.477 e. The number of hydrogen-bond acceptors (Lipinski definition) is 8. The number of nitrogens with zero attached hydrogens (tertiary/aromatic N) is 5. The fraction of sp³-hybridized carbons (Fsp3) is 0.310. The Labute approximate surface area is 239 Å². The maximum absolute atomic E-state index is 16.4. The molecule has 6 rings (SSSR count). The van der Waals surface area contributed by atoms with E-state index in [0.717, 1.165) is 25.6 Å². The van der Waals surface area contributed by atoms with Crippen LogP contribution in [0, 0.1) is 11.7 Å². The Hall–Kier alpha value is -4.78. The summed E-state index contributed by atoms with van der Waals surface area (Å²) in [5, 5.41) is 12.8. The van der Waals surface area contributed by atoms with Gasteiger partial charge in [-0.1, -0.05) is 6.58 Å². The number of carbonyl (C=O) groups is 1. The maximum atomic E-state index is 16.4. The second kappa shape index (κ2) is 10.2. The van der Waals surface area contributed by atoms with Crippen LogP contribution in [-0.4, -0.2) is 82.4 Å². The molecule has 0 radical (unpaired) electrons. The van der Waals surface area contributed by atoms with Gasteiger partial charge < -0.3 is 30.6 Å². The first-order valence-electron chi connectivity index (χ1n) is 13.5. The zero-order chi connectivity index (χ0) is 29.9. The van der Waals surface area contributed by atoms with E-state index in [2.05, 4.69) is 49.1 Å². The molecule has 6 heterocycles. The Morgan fingerprint density at radius 2 is 2.05 bits per heavy atom. The van der Waals surface area contributed by atoms with E-state index < -0.39 is 28.6 Å². The molecule has 0 bridgehead atoms. The predicted octanol–water partition coefficient (Wildman–Crippen LogP) is 3.13. The molecule has 0 aliphatic carbocycles. The zero-order valence-electron chi connectivity index (χ0n) is 23.3. The lowest BCUT2D eigenvalue weighted by molar-refractivity contribution is 0.0695. The van der Waals surface area contributed by atoms with E-state index in [-0.39, 0.29) is 39.5 Å². The third kappa shape index (κ3) is 4.28. The van der Waals surface area contributed by atoms with Gasteiger partial charge in [-0.2, -0.15) is 0 Å². The first-order chi connectivity index (χ1) is 20.1. The van der Waals surface area contributed by atoms with Crippen molar-refractivity contribution < 1.29 is 18.7 Å². The van der Waals surface area contributed by atoms with E-state index in [1.807, 2.05) is 0 Å². The van der Waals surface area contributed by atoms with Crippen LogP contribution in [0.15, 0.2) is 47.9 Å². The summed E-state index contributed by atoms with van der Waals surface area (Å²) in [6.45, 7) is 5.67. The van der Waals surface area contributed by atoms with Gasteiger partial charge in [0.05, 0.1) is 22.2 Å². The minimum absolute atomic E-state index is 0.0381. The number of nitrogens with one attached hydrogen (secondary N) is 3. The van der Waals surface area contributed by atoms with E-state index in [0.29, 0.717) is 29.3 Å². The smallest absolute Gasteiger partial charge is 0.341 e. The van der Waals surface area contributed by atoms with Gasteiger partial charge in [-0.25, -0.2) is 28.2 Å². The van der Waals surface area contributed by atoms with Crippen LogP contribution in [0.3, 0.4) is 0 Å².